The highest BCUT2D eigenvalue weighted by Crippen LogP contribution is 2.52. The number of hydrogen-bond donors (Lipinski definition) is 0. The number of nitro groups is 1. The maximum atomic E-state index is 13.8. The third kappa shape index (κ3) is 4.65. The summed E-state index contributed by atoms with van der Waals surface area (Å²) in [4.78, 5) is 53.2. The Morgan fingerprint density at radius 3 is 2.24 bits per heavy atom. The number of anilines is 1. The minimum Gasteiger partial charge on any atom is -0.497 e. The van der Waals surface area contributed by atoms with Crippen LogP contribution in [-0.4, -0.2) is 44.0 Å². The molecule has 1 aliphatic heterocycles. The first-order valence-electron chi connectivity index (χ1n) is 11.9. The maximum Gasteiger partial charge on any atom is 0.355 e. The van der Waals surface area contributed by atoms with Crippen LogP contribution in [0.25, 0.3) is 0 Å². The lowest BCUT2D eigenvalue weighted by molar-refractivity contribution is -0.384. The molecular weight excluding hydrogens is 492 g/mol. The SMILES string of the molecule is COC(=O)C1=C(C(=O)OC)N(c2ccc(OC)cc2)C2=C(C(=O)CC(C)(C)C2)C1c1cccc([N+](=O)[O-])c1. The molecule has 2 aromatic rings. The molecule has 38 heavy (non-hydrogen) atoms. The lowest BCUT2D eigenvalue weighted by atomic mass is 9.68. The van der Waals surface area contributed by atoms with E-state index in [0.717, 1.165) is 0 Å². The number of benzene rings is 2. The molecule has 1 aliphatic carbocycles. The molecule has 0 fully saturated rings. The highest BCUT2D eigenvalue weighted by molar-refractivity contribution is 6.11. The first kappa shape index (κ1) is 26.6. The van der Waals surface area contributed by atoms with Gasteiger partial charge in [-0.25, -0.2) is 9.59 Å². The molecule has 198 valence electrons. The van der Waals surface area contributed by atoms with Crippen LogP contribution in [0.15, 0.2) is 71.1 Å². The Hall–Kier alpha value is -4.47. The second-order valence-electron chi connectivity index (χ2n) is 9.87. The number of rotatable bonds is 6. The van der Waals surface area contributed by atoms with Gasteiger partial charge >= 0.3 is 11.9 Å². The summed E-state index contributed by atoms with van der Waals surface area (Å²) in [6, 6.07) is 12.5. The minimum atomic E-state index is -1.08. The molecule has 4 rings (SSSR count). The summed E-state index contributed by atoms with van der Waals surface area (Å²) in [7, 11) is 3.89. The van der Waals surface area contributed by atoms with Gasteiger partial charge < -0.3 is 19.1 Å². The van der Waals surface area contributed by atoms with Crippen LogP contribution in [0.5, 0.6) is 5.75 Å². The molecule has 10 heteroatoms. The number of carbonyl (C=O) groups is 3. The van der Waals surface area contributed by atoms with Crippen LogP contribution >= 0.6 is 0 Å². The number of nitrogens with zero attached hydrogens (tertiary/aromatic N) is 2. The molecule has 0 bridgehead atoms. The fraction of sp³-hybridized carbons (Fsp3) is 0.321. The third-order valence-electron chi connectivity index (χ3n) is 6.75. The number of ketones is 1. The zero-order chi connectivity index (χ0) is 27.8. The van der Waals surface area contributed by atoms with Crippen LogP contribution < -0.4 is 9.64 Å². The van der Waals surface area contributed by atoms with Gasteiger partial charge in [-0.1, -0.05) is 26.0 Å². The van der Waals surface area contributed by atoms with Crippen molar-refractivity contribution in [2.75, 3.05) is 26.2 Å². The van der Waals surface area contributed by atoms with Gasteiger partial charge in [0.15, 0.2) is 5.78 Å². The van der Waals surface area contributed by atoms with E-state index in [1.165, 1.54) is 39.5 Å². The van der Waals surface area contributed by atoms with Crippen LogP contribution in [-0.2, 0) is 23.9 Å². The van der Waals surface area contributed by atoms with Crippen molar-refractivity contribution in [3.8, 4) is 5.75 Å². The smallest absolute Gasteiger partial charge is 0.355 e. The van der Waals surface area contributed by atoms with Gasteiger partial charge in [0.1, 0.15) is 11.4 Å². The predicted molar refractivity (Wildman–Crippen MR) is 137 cm³/mol. The molecule has 2 aliphatic rings. The Bertz CT molecular complexity index is 1390. The molecule has 0 spiro atoms. The summed E-state index contributed by atoms with van der Waals surface area (Å²) < 4.78 is 15.5. The summed E-state index contributed by atoms with van der Waals surface area (Å²) in [5.74, 6) is -2.41. The molecule has 0 N–H and O–H groups in total. The summed E-state index contributed by atoms with van der Waals surface area (Å²) in [6.45, 7) is 3.89. The first-order valence-corrected chi connectivity index (χ1v) is 11.9. The Labute approximate surface area is 219 Å². The third-order valence-corrected chi connectivity index (χ3v) is 6.75. The number of ether oxygens (including phenoxy) is 3. The van der Waals surface area contributed by atoms with E-state index in [-0.39, 0.29) is 34.7 Å². The normalized spacial score (nSPS) is 18.6. The van der Waals surface area contributed by atoms with Crippen LogP contribution in [0.4, 0.5) is 11.4 Å². The topological polar surface area (TPSA) is 125 Å². The number of allylic oxidation sites excluding steroid dienone is 2. The lowest BCUT2D eigenvalue weighted by Gasteiger charge is -2.44. The van der Waals surface area contributed by atoms with Crippen molar-refractivity contribution >= 4 is 29.1 Å². The van der Waals surface area contributed by atoms with Gasteiger partial charge in [0.2, 0.25) is 0 Å². The molecule has 0 amide bonds. The van der Waals surface area contributed by atoms with Crippen molar-refractivity contribution in [1.82, 2.24) is 0 Å². The zero-order valence-corrected chi connectivity index (χ0v) is 21.8. The van der Waals surface area contributed by atoms with Gasteiger partial charge in [-0.05, 0) is 41.7 Å². The fourth-order valence-electron chi connectivity index (χ4n) is 5.16. The molecular formula is C28H28N2O8. The van der Waals surface area contributed by atoms with Crippen molar-refractivity contribution in [2.45, 2.75) is 32.6 Å². The van der Waals surface area contributed by atoms with Gasteiger partial charge in [-0.3, -0.25) is 14.9 Å². The van der Waals surface area contributed by atoms with E-state index < -0.39 is 28.2 Å². The van der Waals surface area contributed by atoms with Crippen LogP contribution in [0.3, 0.4) is 0 Å². The number of methoxy groups -OCH3 is 3. The molecule has 1 unspecified atom stereocenters. The lowest BCUT2D eigenvalue weighted by Crippen LogP contribution is -2.43. The summed E-state index contributed by atoms with van der Waals surface area (Å²) >= 11 is 0. The average Bonchev–Trinajstić information content (AvgIpc) is 2.90. The number of carbonyl (C=O) groups excluding carboxylic acids is 3. The molecule has 10 nitrogen and oxygen atoms in total. The number of Topliss-reactive ketones (excluding diaryl/α,β-unsaturated/α-hetero) is 1. The second kappa shape index (κ2) is 10.1. The largest absolute Gasteiger partial charge is 0.497 e. The van der Waals surface area contributed by atoms with Gasteiger partial charge in [0.05, 0.1) is 31.8 Å². The van der Waals surface area contributed by atoms with Gasteiger partial charge in [0, 0.05) is 41.4 Å². The summed E-state index contributed by atoms with van der Waals surface area (Å²) in [5, 5.41) is 11.6. The van der Waals surface area contributed by atoms with Crippen LogP contribution in [0.1, 0.15) is 38.2 Å². The van der Waals surface area contributed by atoms with Crippen LogP contribution in [0.2, 0.25) is 0 Å². The standard InChI is InChI=1S/C28H28N2O8/c1-28(2)14-20-23(21(31)15-28)22(16-7-6-8-18(13-16)30(34)35)24(26(32)37-4)25(27(33)38-5)29(20)17-9-11-19(36-3)12-10-17/h6-13,22H,14-15H2,1-5H3. The number of non-ortho nitro benzene ring substituents is 1. The molecule has 0 saturated heterocycles. The van der Waals surface area contributed by atoms with Crippen molar-refractivity contribution in [2.24, 2.45) is 5.41 Å². The van der Waals surface area contributed by atoms with E-state index in [2.05, 4.69) is 0 Å². The molecule has 1 heterocycles. The van der Waals surface area contributed by atoms with Gasteiger partial charge in [0.25, 0.3) is 5.69 Å². The van der Waals surface area contributed by atoms with E-state index in [9.17, 15) is 24.5 Å². The molecule has 0 radical (unpaired) electrons. The van der Waals surface area contributed by atoms with Crippen molar-refractivity contribution < 1.29 is 33.5 Å². The van der Waals surface area contributed by atoms with Gasteiger partial charge in [-0.15, -0.1) is 0 Å². The van der Waals surface area contributed by atoms with E-state index in [1.54, 1.807) is 35.2 Å². The number of hydrogen-bond acceptors (Lipinski definition) is 9. The Morgan fingerprint density at radius 2 is 1.66 bits per heavy atom. The first-order chi connectivity index (χ1) is 18.0. The monoisotopic (exact) mass is 520 g/mol. The quantitative estimate of drug-likeness (QED) is 0.308. The fourth-order valence-corrected chi connectivity index (χ4v) is 5.16. The summed E-state index contributed by atoms with van der Waals surface area (Å²) in [5.41, 5.74) is 0.689. The summed E-state index contributed by atoms with van der Waals surface area (Å²) in [6.07, 6.45) is 0.580. The van der Waals surface area contributed by atoms with Crippen molar-refractivity contribution in [3.05, 3.63) is 86.7 Å². The number of nitro benzene ring substituents is 1. The zero-order valence-electron chi connectivity index (χ0n) is 21.8. The molecule has 0 saturated carbocycles. The van der Waals surface area contributed by atoms with E-state index in [1.807, 2.05) is 13.8 Å². The number of esters is 2. The van der Waals surface area contributed by atoms with E-state index in [0.29, 0.717) is 29.1 Å². The highest BCUT2D eigenvalue weighted by Gasteiger charge is 2.49. The maximum absolute atomic E-state index is 13.8. The average molecular weight is 521 g/mol. The van der Waals surface area contributed by atoms with Crippen molar-refractivity contribution in [1.29, 1.82) is 0 Å². The van der Waals surface area contributed by atoms with E-state index in [4.69, 9.17) is 14.2 Å². The second-order valence-corrected chi connectivity index (χ2v) is 9.87. The minimum absolute atomic E-state index is 0.120. The predicted octanol–water partition coefficient (Wildman–Crippen LogP) is 4.45. The Balaban J connectivity index is 2.12. The highest BCUT2D eigenvalue weighted by atomic mass is 16.6. The Morgan fingerprint density at radius 1 is 1.00 bits per heavy atom. The molecule has 1 atom stereocenters. The van der Waals surface area contributed by atoms with Crippen LogP contribution in [0, 0.1) is 15.5 Å². The Kier molecular flexibility index (Phi) is 7.08. The van der Waals surface area contributed by atoms with E-state index >= 15 is 0 Å². The van der Waals surface area contributed by atoms with Gasteiger partial charge in [-0.2, -0.15) is 0 Å². The van der Waals surface area contributed by atoms with Crippen molar-refractivity contribution in [3.63, 3.8) is 0 Å². The molecule has 2 aromatic carbocycles. The molecule has 0 aromatic heterocycles.